The molecule has 0 radical (unpaired) electrons. The van der Waals surface area contributed by atoms with Gasteiger partial charge in [0.2, 0.25) is 0 Å². The van der Waals surface area contributed by atoms with Crippen molar-refractivity contribution in [1.29, 1.82) is 0 Å². The molecule has 0 N–H and O–H groups in total. The van der Waals surface area contributed by atoms with Crippen LogP contribution < -0.4 is 0 Å². The van der Waals surface area contributed by atoms with Crippen LogP contribution in [0.25, 0.3) is 0 Å². The summed E-state index contributed by atoms with van der Waals surface area (Å²) in [4.78, 5) is 1.32. The Hall–Kier alpha value is -0.180. The van der Waals surface area contributed by atoms with Gasteiger partial charge in [0.1, 0.15) is 0 Å². The fourth-order valence-electron chi connectivity index (χ4n) is 3.32. The predicted molar refractivity (Wildman–Crippen MR) is 56.9 cm³/mol. The number of piperidine rings is 1. The highest BCUT2D eigenvalue weighted by Gasteiger charge is 2.41. The maximum Gasteiger partial charge on any atom is 0.294 e. The van der Waals surface area contributed by atoms with Crippen molar-refractivity contribution in [3.8, 4) is 0 Å². The summed E-state index contributed by atoms with van der Waals surface area (Å²) in [5, 5.41) is 0. The van der Waals surface area contributed by atoms with Crippen LogP contribution in [-0.2, 0) is 0 Å². The van der Waals surface area contributed by atoms with Crippen molar-refractivity contribution in [2.45, 2.75) is 52.0 Å². The smallest absolute Gasteiger partial charge is 0.247 e. The Labute approximate surface area is 90.8 Å². The van der Waals surface area contributed by atoms with E-state index in [0.717, 1.165) is 18.8 Å². The summed E-state index contributed by atoms with van der Waals surface area (Å²) in [5.74, 6) is 0.864. The second-order valence-electron chi connectivity index (χ2n) is 5.33. The van der Waals surface area contributed by atoms with E-state index < -0.39 is 6.55 Å². The lowest BCUT2D eigenvalue weighted by atomic mass is 9.76. The molecule has 88 valence electrons. The molecule has 2 rings (SSSR count). The fraction of sp³-hybridized carbons (Fsp3) is 1.00. The van der Waals surface area contributed by atoms with Crippen molar-refractivity contribution in [2.24, 2.45) is 11.3 Å². The number of likely N-dealkylation sites (tertiary alicyclic amines) is 1. The first-order valence-corrected chi connectivity index (χ1v) is 6.17. The summed E-state index contributed by atoms with van der Waals surface area (Å²) in [7, 11) is 0. The number of rotatable bonds is 2. The van der Waals surface area contributed by atoms with Gasteiger partial charge in [-0.15, -0.1) is 0 Å². The van der Waals surface area contributed by atoms with E-state index in [2.05, 4.69) is 6.92 Å². The van der Waals surface area contributed by atoms with E-state index in [4.69, 9.17) is 0 Å². The topological polar surface area (TPSA) is 3.24 Å². The molecule has 1 atom stereocenters. The molecule has 1 spiro atoms. The summed E-state index contributed by atoms with van der Waals surface area (Å²) in [6.45, 7) is 1.21. The summed E-state index contributed by atoms with van der Waals surface area (Å²) < 4.78 is 24.9. The molecule has 15 heavy (non-hydrogen) atoms. The largest absolute Gasteiger partial charge is 0.294 e. The van der Waals surface area contributed by atoms with Crippen molar-refractivity contribution in [2.75, 3.05) is 13.1 Å². The Balaban J connectivity index is 1.87. The Morgan fingerprint density at radius 3 is 2.40 bits per heavy atom. The van der Waals surface area contributed by atoms with Crippen molar-refractivity contribution in [3.05, 3.63) is 0 Å². The van der Waals surface area contributed by atoms with Crippen LogP contribution in [0.2, 0.25) is 0 Å². The third kappa shape index (κ3) is 2.32. The van der Waals surface area contributed by atoms with Crippen LogP contribution in [0.15, 0.2) is 0 Å². The van der Waals surface area contributed by atoms with Gasteiger partial charge in [0.25, 0.3) is 6.55 Å². The predicted octanol–water partition coefficient (Wildman–Crippen LogP) is 3.50. The van der Waals surface area contributed by atoms with Crippen molar-refractivity contribution >= 4 is 0 Å². The number of hydrogen-bond acceptors (Lipinski definition) is 1. The van der Waals surface area contributed by atoms with Gasteiger partial charge in [0, 0.05) is 13.1 Å². The van der Waals surface area contributed by atoms with E-state index in [1.54, 1.807) is 0 Å². The number of nitrogens with zero attached hydrogens (tertiary/aromatic N) is 1. The Kier molecular flexibility index (Phi) is 3.29. The van der Waals surface area contributed by atoms with Crippen LogP contribution in [-0.4, -0.2) is 24.5 Å². The normalized spacial score (nSPS) is 31.6. The first-order chi connectivity index (χ1) is 7.15. The van der Waals surface area contributed by atoms with Gasteiger partial charge in [-0.25, -0.2) is 4.90 Å². The molecular weight excluding hydrogens is 196 g/mol. The van der Waals surface area contributed by atoms with Crippen LogP contribution in [0.1, 0.15) is 45.4 Å². The number of halogens is 2. The van der Waals surface area contributed by atoms with Gasteiger partial charge in [-0.1, -0.05) is 13.3 Å². The average Bonchev–Trinajstić information content (AvgIpc) is 2.62. The molecule has 0 aromatic heterocycles. The third-order valence-corrected chi connectivity index (χ3v) is 4.52. The van der Waals surface area contributed by atoms with Crippen molar-refractivity contribution < 1.29 is 8.78 Å². The SMILES string of the molecule is CCC1CCC2(CCN(C(F)F)CC2)C1. The fourth-order valence-corrected chi connectivity index (χ4v) is 3.32. The lowest BCUT2D eigenvalue weighted by Gasteiger charge is -2.39. The molecule has 1 nitrogen and oxygen atoms in total. The Bertz CT molecular complexity index is 210. The van der Waals surface area contributed by atoms with E-state index in [9.17, 15) is 8.78 Å². The highest BCUT2D eigenvalue weighted by atomic mass is 19.3. The number of alkyl halides is 2. The highest BCUT2D eigenvalue weighted by molar-refractivity contribution is 4.92. The molecule has 0 amide bonds. The second kappa shape index (κ2) is 4.36. The Morgan fingerprint density at radius 2 is 1.93 bits per heavy atom. The average molecular weight is 217 g/mol. The quantitative estimate of drug-likeness (QED) is 0.640. The Morgan fingerprint density at radius 1 is 1.27 bits per heavy atom. The van der Waals surface area contributed by atoms with Crippen LogP contribution >= 0.6 is 0 Å². The molecule has 0 bridgehead atoms. The minimum atomic E-state index is -2.24. The molecule has 1 heterocycles. The van der Waals surface area contributed by atoms with E-state index in [1.165, 1.54) is 30.6 Å². The summed E-state index contributed by atoms with van der Waals surface area (Å²) >= 11 is 0. The first-order valence-electron chi connectivity index (χ1n) is 6.17. The molecule has 2 fully saturated rings. The van der Waals surface area contributed by atoms with Gasteiger partial charge in [0.15, 0.2) is 0 Å². The molecule has 0 aromatic rings. The van der Waals surface area contributed by atoms with Gasteiger partial charge >= 0.3 is 0 Å². The van der Waals surface area contributed by atoms with Crippen LogP contribution in [0.4, 0.5) is 8.78 Å². The van der Waals surface area contributed by atoms with Crippen molar-refractivity contribution in [3.63, 3.8) is 0 Å². The zero-order valence-corrected chi connectivity index (χ0v) is 9.51. The first kappa shape index (κ1) is 11.3. The molecule has 1 aliphatic heterocycles. The molecule has 0 aromatic carbocycles. The van der Waals surface area contributed by atoms with Gasteiger partial charge in [-0.3, -0.25) is 0 Å². The molecule has 2 aliphatic rings. The minimum Gasteiger partial charge on any atom is -0.247 e. The van der Waals surface area contributed by atoms with Crippen LogP contribution in [0.5, 0.6) is 0 Å². The van der Waals surface area contributed by atoms with Gasteiger partial charge in [0.05, 0.1) is 0 Å². The molecular formula is C12H21F2N. The molecule has 1 unspecified atom stereocenters. The third-order valence-electron chi connectivity index (χ3n) is 4.52. The van der Waals surface area contributed by atoms with E-state index >= 15 is 0 Å². The maximum atomic E-state index is 12.5. The second-order valence-corrected chi connectivity index (χ2v) is 5.33. The summed E-state index contributed by atoms with van der Waals surface area (Å²) in [5.41, 5.74) is 0.437. The van der Waals surface area contributed by atoms with E-state index in [1.807, 2.05) is 0 Å². The van der Waals surface area contributed by atoms with E-state index in [-0.39, 0.29) is 0 Å². The minimum absolute atomic E-state index is 0.437. The molecule has 1 saturated carbocycles. The van der Waals surface area contributed by atoms with Gasteiger partial charge in [-0.05, 0) is 43.4 Å². The monoisotopic (exact) mass is 217 g/mol. The highest BCUT2D eigenvalue weighted by Crippen LogP contribution is 2.49. The van der Waals surface area contributed by atoms with Gasteiger partial charge in [-0.2, -0.15) is 8.78 Å². The lowest BCUT2D eigenvalue weighted by molar-refractivity contribution is -0.0590. The van der Waals surface area contributed by atoms with Crippen LogP contribution in [0, 0.1) is 11.3 Å². The lowest BCUT2D eigenvalue weighted by Crippen LogP contribution is -2.41. The van der Waals surface area contributed by atoms with Gasteiger partial charge < -0.3 is 0 Å². The van der Waals surface area contributed by atoms with Crippen molar-refractivity contribution in [1.82, 2.24) is 4.90 Å². The standard InChI is InChI=1S/C12H21F2N/c1-2-10-3-4-12(9-10)5-7-15(8-6-12)11(13)14/h10-11H,2-9H2,1H3. The van der Waals surface area contributed by atoms with Crippen LogP contribution in [0.3, 0.4) is 0 Å². The summed E-state index contributed by atoms with van der Waals surface area (Å²) in [6.07, 6.45) is 7.15. The molecule has 3 heteroatoms. The molecule has 1 saturated heterocycles. The maximum absolute atomic E-state index is 12.5. The molecule has 1 aliphatic carbocycles. The zero-order chi connectivity index (χ0) is 10.9. The van der Waals surface area contributed by atoms with E-state index in [0.29, 0.717) is 18.5 Å². The zero-order valence-electron chi connectivity index (χ0n) is 9.51. The number of hydrogen-bond donors (Lipinski definition) is 0. The summed E-state index contributed by atoms with van der Waals surface area (Å²) in [6, 6.07) is 0.